The fourth-order valence-electron chi connectivity index (χ4n) is 2.14. The molecule has 2 rings (SSSR count). The maximum Gasteiger partial charge on any atom is 0.416 e. The largest absolute Gasteiger partial charge is 0.416 e. The van der Waals surface area contributed by atoms with Gasteiger partial charge in [-0.25, -0.2) is 4.98 Å². The van der Waals surface area contributed by atoms with E-state index in [4.69, 9.17) is 0 Å². The minimum absolute atomic E-state index is 0.120. The Morgan fingerprint density at radius 2 is 2.00 bits per heavy atom. The topological polar surface area (TPSA) is 37.8 Å². The number of halogens is 3. The first-order chi connectivity index (χ1) is 9.34. The van der Waals surface area contributed by atoms with E-state index in [0.717, 1.165) is 27.8 Å². The first-order valence-corrected chi connectivity index (χ1v) is 6.78. The van der Waals surface area contributed by atoms with E-state index in [0.29, 0.717) is 0 Å². The molecule has 0 aliphatic rings. The number of hydrogen-bond acceptors (Lipinski definition) is 4. The third kappa shape index (κ3) is 2.83. The molecule has 0 aliphatic carbocycles. The van der Waals surface area contributed by atoms with Crippen LogP contribution in [0.2, 0.25) is 0 Å². The normalized spacial score (nSPS) is 13.5. The van der Waals surface area contributed by atoms with Crippen LogP contribution in [-0.2, 0) is 6.18 Å². The first kappa shape index (κ1) is 14.9. The molecule has 0 aliphatic heterocycles. The molecule has 0 radical (unpaired) electrons. The maximum absolute atomic E-state index is 13.1. The summed E-state index contributed by atoms with van der Waals surface area (Å²) in [6, 6.07) is 0.439. The monoisotopic (exact) mass is 301 g/mol. The number of nitrogens with one attached hydrogen (secondary N) is 1. The van der Waals surface area contributed by atoms with Gasteiger partial charge in [0.2, 0.25) is 0 Å². The zero-order valence-corrected chi connectivity index (χ0v) is 12.1. The number of nitrogens with zero attached hydrogens (tertiary/aromatic N) is 2. The standard InChI is InChI=1S/C13H14F3N3S/c1-7-12(20-8(2)19-7)11(17-3)9-6-18-5-4-10(9)13(14,15)16/h4-6,11,17H,1-3H3. The molecular weight excluding hydrogens is 287 g/mol. The second-order valence-corrected chi connectivity index (χ2v) is 5.60. The molecule has 0 aromatic carbocycles. The lowest BCUT2D eigenvalue weighted by molar-refractivity contribution is -0.138. The number of rotatable bonds is 3. The maximum atomic E-state index is 13.1. The van der Waals surface area contributed by atoms with Crippen LogP contribution in [0.25, 0.3) is 0 Å². The van der Waals surface area contributed by atoms with Crippen molar-refractivity contribution in [3.8, 4) is 0 Å². The van der Waals surface area contributed by atoms with Gasteiger partial charge >= 0.3 is 6.18 Å². The second kappa shape index (κ2) is 5.49. The first-order valence-electron chi connectivity index (χ1n) is 5.97. The zero-order chi connectivity index (χ0) is 14.9. The molecule has 2 aromatic rings. The van der Waals surface area contributed by atoms with E-state index in [2.05, 4.69) is 15.3 Å². The molecule has 2 heterocycles. The van der Waals surface area contributed by atoms with E-state index in [1.54, 1.807) is 14.0 Å². The Kier molecular flexibility index (Phi) is 4.10. The summed E-state index contributed by atoms with van der Waals surface area (Å²) in [5, 5.41) is 3.76. The molecule has 0 fully saturated rings. The van der Waals surface area contributed by atoms with Crippen molar-refractivity contribution < 1.29 is 13.2 Å². The number of aromatic nitrogens is 2. The third-order valence-electron chi connectivity index (χ3n) is 2.96. The number of pyridine rings is 1. The van der Waals surface area contributed by atoms with Crippen molar-refractivity contribution in [3.05, 3.63) is 45.2 Å². The molecular formula is C13H14F3N3S. The summed E-state index contributed by atoms with van der Waals surface area (Å²) in [6.07, 6.45) is -1.98. The van der Waals surface area contributed by atoms with Gasteiger partial charge in [-0.05, 0) is 27.0 Å². The Labute approximate surface area is 118 Å². The van der Waals surface area contributed by atoms with Crippen LogP contribution in [0.4, 0.5) is 13.2 Å². The van der Waals surface area contributed by atoms with Gasteiger partial charge in [-0.1, -0.05) is 0 Å². The van der Waals surface area contributed by atoms with Crippen molar-refractivity contribution in [2.45, 2.75) is 26.1 Å². The van der Waals surface area contributed by atoms with Gasteiger partial charge in [0.15, 0.2) is 0 Å². The smallest absolute Gasteiger partial charge is 0.309 e. The van der Waals surface area contributed by atoms with E-state index < -0.39 is 17.8 Å². The van der Waals surface area contributed by atoms with Gasteiger partial charge in [0.1, 0.15) is 0 Å². The average molecular weight is 301 g/mol. The molecule has 20 heavy (non-hydrogen) atoms. The molecule has 1 atom stereocenters. The van der Waals surface area contributed by atoms with Gasteiger partial charge in [-0.2, -0.15) is 13.2 Å². The summed E-state index contributed by atoms with van der Waals surface area (Å²) in [6.45, 7) is 3.63. The van der Waals surface area contributed by atoms with Crippen LogP contribution in [0.5, 0.6) is 0 Å². The van der Waals surface area contributed by atoms with Gasteiger partial charge in [-0.15, -0.1) is 11.3 Å². The molecule has 7 heteroatoms. The summed E-state index contributed by atoms with van der Waals surface area (Å²) in [5.41, 5.74) is 0.190. The number of thiazole rings is 1. The lowest BCUT2D eigenvalue weighted by Crippen LogP contribution is -2.22. The van der Waals surface area contributed by atoms with E-state index >= 15 is 0 Å². The highest BCUT2D eigenvalue weighted by Crippen LogP contribution is 2.38. The molecule has 0 amide bonds. The molecule has 2 aromatic heterocycles. The van der Waals surface area contributed by atoms with Crippen LogP contribution >= 0.6 is 11.3 Å². The van der Waals surface area contributed by atoms with Crippen molar-refractivity contribution in [1.29, 1.82) is 0 Å². The van der Waals surface area contributed by atoms with Crippen molar-refractivity contribution in [1.82, 2.24) is 15.3 Å². The van der Waals surface area contributed by atoms with Crippen molar-refractivity contribution >= 4 is 11.3 Å². The van der Waals surface area contributed by atoms with Crippen molar-refractivity contribution in [2.75, 3.05) is 7.05 Å². The van der Waals surface area contributed by atoms with Crippen molar-refractivity contribution in [3.63, 3.8) is 0 Å². The van der Waals surface area contributed by atoms with Crippen LogP contribution in [0.3, 0.4) is 0 Å². The molecule has 0 bridgehead atoms. The Morgan fingerprint density at radius 1 is 1.30 bits per heavy atom. The lowest BCUT2D eigenvalue weighted by atomic mass is 10.0. The van der Waals surface area contributed by atoms with Crippen LogP contribution in [-0.4, -0.2) is 17.0 Å². The molecule has 108 valence electrons. The molecule has 0 spiro atoms. The predicted molar refractivity (Wildman–Crippen MR) is 71.7 cm³/mol. The van der Waals surface area contributed by atoms with E-state index in [9.17, 15) is 13.2 Å². The van der Waals surface area contributed by atoms with Crippen LogP contribution in [0, 0.1) is 13.8 Å². The average Bonchev–Trinajstić information content (AvgIpc) is 2.69. The van der Waals surface area contributed by atoms with Crippen molar-refractivity contribution in [2.24, 2.45) is 0 Å². The fraction of sp³-hybridized carbons (Fsp3) is 0.385. The quantitative estimate of drug-likeness (QED) is 0.943. The number of hydrogen-bond donors (Lipinski definition) is 1. The third-order valence-corrected chi connectivity index (χ3v) is 4.10. The summed E-state index contributed by atoms with van der Waals surface area (Å²) < 4.78 is 39.3. The van der Waals surface area contributed by atoms with Crippen LogP contribution in [0.15, 0.2) is 18.5 Å². The highest BCUT2D eigenvalue weighted by Gasteiger charge is 2.36. The number of alkyl halides is 3. The van der Waals surface area contributed by atoms with Gasteiger partial charge in [0, 0.05) is 22.8 Å². The Hall–Kier alpha value is -1.47. The molecule has 3 nitrogen and oxygen atoms in total. The minimum atomic E-state index is -4.40. The predicted octanol–water partition coefficient (Wildman–Crippen LogP) is 3.48. The van der Waals surface area contributed by atoms with Gasteiger partial charge in [0.05, 0.1) is 22.3 Å². The lowest BCUT2D eigenvalue weighted by Gasteiger charge is -2.20. The Morgan fingerprint density at radius 3 is 2.50 bits per heavy atom. The van der Waals surface area contributed by atoms with Crippen LogP contribution < -0.4 is 5.32 Å². The van der Waals surface area contributed by atoms with Gasteiger partial charge in [-0.3, -0.25) is 4.98 Å². The Bertz CT molecular complexity index is 607. The molecule has 0 saturated carbocycles. The summed E-state index contributed by atoms with van der Waals surface area (Å²) in [7, 11) is 1.63. The highest BCUT2D eigenvalue weighted by atomic mass is 32.1. The second-order valence-electron chi connectivity index (χ2n) is 4.36. The van der Waals surface area contributed by atoms with E-state index in [1.165, 1.54) is 17.5 Å². The fourth-order valence-corrected chi connectivity index (χ4v) is 3.19. The summed E-state index contributed by atoms with van der Waals surface area (Å²) >= 11 is 1.39. The summed E-state index contributed by atoms with van der Waals surface area (Å²) in [5.74, 6) is 0. The molecule has 1 unspecified atom stereocenters. The number of aryl methyl sites for hydroxylation is 2. The van der Waals surface area contributed by atoms with Gasteiger partial charge in [0.25, 0.3) is 0 Å². The minimum Gasteiger partial charge on any atom is -0.309 e. The SMILES string of the molecule is CNC(c1cnccc1C(F)(F)F)c1sc(C)nc1C. The zero-order valence-electron chi connectivity index (χ0n) is 11.2. The highest BCUT2D eigenvalue weighted by molar-refractivity contribution is 7.11. The van der Waals surface area contributed by atoms with Gasteiger partial charge < -0.3 is 5.32 Å². The molecule has 0 saturated heterocycles. The van der Waals surface area contributed by atoms with E-state index in [-0.39, 0.29) is 5.56 Å². The Balaban J connectivity index is 2.56. The summed E-state index contributed by atoms with van der Waals surface area (Å²) in [4.78, 5) is 8.89. The molecule has 1 N–H and O–H groups in total. The van der Waals surface area contributed by atoms with Crippen LogP contribution in [0.1, 0.15) is 32.7 Å². The van der Waals surface area contributed by atoms with E-state index in [1.807, 2.05) is 6.92 Å².